The van der Waals surface area contributed by atoms with Crippen molar-refractivity contribution < 1.29 is 33.8 Å². The number of hydrogen-bond donors (Lipinski definition) is 2. The van der Waals surface area contributed by atoms with Gasteiger partial charge in [0, 0.05) is 5.02 Å². The average molecular weight is 478 g/mol. The molecule has 0 radical (unpaired) electrons. The molecule has 2 atom stereocenters. The zero-order chi connectivity index (χ0) is 23.1. The van der Waals surface area contributed by atoms with Crippen LogP contribution in [0.3, 0.4) is 0 Å². The van der Waals surface area contributed by atoms with Crippen LogP contribution < -0.4 is 10.1 Å². The molecule has 0 bridgehead atoms. The highest BCUT2D eigenvalue weighted by atomic mass is 35.5. The fourth-order valence-corrected chi connectivity index (χ4v) is 4.03. The van der Waals surface area contributed by atoms with E-state index in [4.69, 9.17) is 26.2 Å². The number of esters is 1. The van der Waals surface area contributed by atoms with Gasteiger partial charge in [0.1, 0.15) is 12.4 Å². The van der Waals surface area contributed by atoms with Gasteiger partial charge in [-0.15, -0.1) is 0 Å². The second kappa shape index (κ2) is 11.0. The summed E-state index contributed by atoms with van der Waals surface area (Å²) in [4.78, 5) is 45.7. The molecule has 0 aliphatic carbocycles. The van der Waals surface area contributed by atoms with Gasteiger partial charge in [-0.25, -0.2) is 0 Å². The number of carboxylic acid groups (broad SMARTS) is 1. The maximum absolute atomic E-state index is 12.1. The number of thioether (sulfide) groups is 1. The Hall–Kier alpha value is -3.04. The van der Waals surface area contributed by atoms with E-state index >= 15 is 0 Å². The van der Waals surface area contributed by atoms with Gasteiger partial charge in [-0.1, -0.05) is 47.6 Å². The topological polar surface area (TPSA) is 119 Å². The molecule has 2 N–H and O–H groups in total. The number of carbonyl (C=O) groups excluding carboxylic acids is 3. The molecule has 168 valence electrons. The molecule has 1 unspecified atom stereocenters. The lowest BCUT2D eigenvalue weighted by molar-refractivity contribution is -0.153. The van der Waals surface area contributed by atoms with E-state index in [1.165, 1.54) is 0 Å². The van der Waals surface area contributed by atoms with Crippen molar-refractivity contribution in [1.82, 2.24) is 5.32 Å². The van der Waals surface area contributed by atoms with E-state index in [-0.39, 0.29) is 30.6 Å². The van der Waals surface area contributed by atoms with Crippen LogP contribution in [0, 0.1) is 0 Å². The predicted octanol–water partition coefficient (Wildman–Crippen LogP) is 3.76. The number of halogens is 1. The third kappa shape index (κ3) is 7.00. The maximum Gasteiger partial charge on any atom is 0.307 e. The molecule has 1 fully saturated rings. The van der Waals surface area contributed by atoms with Crippen LogP contribution in [-0.4, -0.2) is 40.0 Å². The molecule has 10 heteroatoms. The van der Waals surface area contributed by atoms with Crippen LogP contribution in [0.15, 0.2) is 48.5 Å². The molecule has 2 aromatic carbocycles. The Morgan fingerprint density at radius 1 is 1.12 bits per heavy atom. The van der Waals surface area contributed by atoms with Crippen LogP contribution in [0.25, 0.3) is 0 Å². The van der Waals surface area contributed by atoms with E-state index in [0.717, 1.165) is 17.3 Å². The summed E-state index contributed by atoms with van der Waals surface area (Å²) >= 11 is 7.01. The largest absolute Gasteiger partial charge is 0.489 e. The van der Waals surface area contributed by atoms with Gasteiger partial charge in [-0.3, -0.25) is 24.5 Å². The SMILES string of the molecule is O=C(O)CCC(=O)O[C@H](COc1ccc(CC2SC(=O)NC2=O)cc1)c1cccc(Cl)c1. The summed E-state index contributed by atoms with van der Waals surface area (Å²) in [5, 5.41) is 10.7. The third-order valence-corrected chi connectivity index (χ3v) is 5.77. The van der Waals surface area contributed by atoms with Crippen molar-refractivity contribution in [2.24, 2.45) is 0 Å². The minimum Gasteiger partial charge on any atom is -0.489 e. The summed E-state index contributed by atoms with van der Waals surface area (Å²) in [6.45, 7) is -0.00607. The second-order valence-corrected chi connectivity index (χ2v) is 8.58. The highest BCUT2D eigenvalue weighted by molar-refractivity contribution is 8.15. The third-order valence-electron chi connectivity index (χ3n) is 4.55. The van der Waals surface area contributed by atoms with Crippen molar-refractivity contribution in [2.45, 2.75) is 30.6 Å². The van der Waals surface area contributed by atoms with Crippen LogP contribution in [-0.2, 0) is 25.5 Å². The number of imide groups is 1. The molecule has 2 aromatic rings. The van der Waals surface area contributed by atoms with E-state index in [1.807, 2.05) is 0 Å². The quantitative estimate of drug-likeness (QED) is 0.496. The zero-order valence-corrected chi connectivity index (χ0v) is 18.4. The normalized spacial score (nSPS) is 16.3. The van der Waals surface area contributed by atoms with Gasteiger partial charge in [-0.2, -0.15) is 0 Å². The lowest BCUT2D eigenvalue weighted by Gasteiger charge is -2.19. The Kier molecular flexibility index (Phi) is 8.13. The Morgan fingerprint density at radius 3 is 2.50 bits per heavy atom. The zero-order valence-electron chi connectivity index (χ0n) is 16.8. The van der Waals surface area contributed by atoms with E-state index in [2.05, 4.69) is 5.32 Å². The molecule has 1 heterocycles. The summed E-state index contributed by atoms with van der Waals surface area (Å²) in [6, 6.07) is 13.8. The number of benzene rings is 2. The summed E-state index contributed by atoms with van der Waals surface area (Å²) in [5.74, 6) is -1.52. The van der Waals surface area contributed by atoms with Crippen molar-refractivity contribution in [2.75, 3.05) is 6.61 Å². The smallest absolute Gasteiger partial charge is 0.307 e. The molecule has 1 aliphatic heterocycles. The average Bonchev–Trinajstić information content (AvgIpc) is 3.07. The summed E-state index contributed by atoms with van der Waals surface area (Å²) in [5.41, 5.74) is 1.48. The second-order valence-electron chi connectivity index (χ2n) is 6.97. The molecule has 3 rings (SSSR count). The molecule has 1 saturated heterocycles. The lowest BCUT2D eigenvalue weighted by atomic mass is 10.1. The highest BCUT2D eigenvalue weighted by Gasteiger charge is 2.31. The maximum atomic E-state index is 12.1. The van der Waals surface area contributed by atoms with Gasteiger partial charge < -0.3 is 14.6 Å². The van der Waals surface area contributed by atoms with E-state index in [0.29, 0.717) is 22.8 Å². The molecule has 2 amide bonds. The van der Waals surface area contributed by atoms with Crippen molar-refractivity contribution in [3.63, 3.8) is 0 Å². The Morgan fingerprint density at radius 2 is 1.88 bits per heavy atom. The first-order valence-corrected chi connectivity index (χ1v) is 11.0. The molecule has 0 aromatic heterocycles. The number of rotatable bonds is 10. The Labute approximate surface area is 193 Å². The first-order valence-electron chi connectivity index (χ1n) is 9.70. The van der Waals surface area contributed by atoms with Gasteiger partial charge >= 0.3 is 11.9 Å². The summed E-state index contributed by atoms with van der Waals surface area (Å²) in [6.07, 6.45) is -0.948. The Balaban J connectivity index is 1.62. The van der Waals surface area contributed by atoms with Crippen molar-refractivity contribution >= 4 is 46.4 Å². The molecular formula is C22H20ClNO7S. The van der Waals surface area contributed by atoms with Crippen molar-refractivity contribution in [3.8, 4) is 5.75 Å². The number of amides is 2. The number of carbonyl (C=O) groups is 4. The summed E-state index contributed by atoms with van der Waals surface area (Å²) < 4.78 is 11.2. The number of nitrogens with one attached hydrogen (secondary N) is 1. The number of hydrogen-bond acceptors (Lipinski definition) is 7. The minimum absolute atomic E-state index is 0.00607. The standard InChI is InChI=1S/C22H20ClNO7S/c23-15-3-1-2-14(11-15)17(31-20(27)9-8-19(25)26)12-30-16-6-4-13(5-7-16)10-18-21(28)24-22(29)32-18/h1-7,11,17-18H,8-10,12H2,(H,25,26)(H,24,28,29)/t17-,18?/m1/s1. The van der Waals surface area contributed by atoms with Crippen molar-refractivity contribution in [3.05, 3.63) is 64.7 Å². The predicted molar refractivity (Wildman–Crippen MR) is 118 cm³/mol. The van der Waals surface area contributed by atoms with E-state index in [9.17, 15) is 19.2 Å². The van der Waals surface area contributed by atoms with Crippen molar-refractivity contribution in [1.29, 1.82) is 0 Å². The number of ether oxygens (including phenoxy) is 2. The van der Waals surface area contributed by atoms with Gasteiger partial charge in [-0.05, 0) is 41.8 Å². The minimum atomic E-state index is -1.09. The fourth-order valence-electron chi connectivity index (χ4n) is 2.97. The van der Waals surface area contributed by atoms with Crippen LogP contribution in [0.5, 0.6) is 5.75 Å². The molecule has 8 nitrogen and oxygen atoms in total. The van der Waals surface area contributed by atoms with Crippen LogP contribution in [0.2, 0.25) is 5.02 Å². The lowest BCUT2D eigenvalue weighted by Crippen LogP contribution is -2.25. The van der Waals surface area contributed by atoms with Crippen LogP contribution in [0.1, 0.15) is 30.1 Å². The van der Waals surface area contributed by atoms with E-state index in [1.54, 1.807) is 48.5 Å². The van der Waals surface area contributed by atoms with E-state index < -0.39 is 23.3 Å². The van der Waals surface area contributed by atoms with Gasteiger partial charge in [0.25, 0.3) is 5.24 Å². The first-order chi connectivity index (χ1) is 15.3. The van der Waals surface area contributed by atoms with Crippen LogP contribution in [0.4, 0.5) is 4.79 Å². The fraction of sp³-hybridized carbons (Fsp3) is 0.273. The molecule has 0 saturated carbocycles. The monoisotopic (exact) mass is 477 g/mol. The Bertz CT molecular complexity index is 1010. The highest BCUT2D eigenvalue weighted by Crippen LogP contribution is 2.26. The molecule has 32 heavy (non-hydrogen) atoms. The number of carboxylic acids is 1. The molecular weight excluding hydrogens is 458 g/mol. The summed E-state index contributed by atoms with van der Waals surface area (Å²) in [7, 11) is 0. The molecule has 1 aliphatic rings. The number of aliphatic carboxylic acids is 1. The van der Waals surface area contributed by atoms with Gasteiger partial charge in [0.2, 0.25) is 5.91 Å². The van der Waals surface area contributed by atoms with Gasteiger partial charge in [0.05, 0.1) is 18.1 Å². The van der Waals surface area contributed by atoms with Gasteiger partial charge in [0.15, 0.2) is 6.10 Å². The molecule has 0 spiro atoms. The first kappa shape index (κ1) is 23.6. The van der Waals surface area contributed by atoms with Crippen LogP contribution >= 0.6 is 23.4 Å².